The van der Waals surface area contributed by atoms with Crippen molar-refractivity contribution in [3.8, 4) is 0 Å². The number of nitrogens with zero attached hydrogens (tertiary/aromatic N) is 5. The third-order valence-electron chi connectivity index (χ3n) is 4.11. The predicted molar refractivity (Wildman–Crippen MR) is 89.5 cm³/mol. The zero-order valence-electron chi connectivity index (χ0n) is 14.0. The number of hydrogen-bond donors (Lipinski definition) is 1. The van der Waals surface area contributed by atoms with Crippen molar-refractivity contribution in [1.82, 2.24) is 20.0 Å². The maximum atomic E-state index is 5.13. The van der Waals surface area contributed by atoms with Crippen LogP contribution in [0, 0.1) is 6.92 Å². The molecule has 1 aliphatic heterocycles. The van der Waals surface area contributed by atoms with E-state index in [1.54, 1.807) is 6.33 Å². The second kappa shape index (κ2) is 6.95. The molecule has 7 nitrogen and oxygen atoms in total. The third kappa shape index (κ3) is 4.19. The summed E-state index contributed by atoms with van der Waals surface area (Å²) in [5.74, 6) is 2.69. The molecule has 0 saturated carbocycles. The summed E-state index contributed by atoms with van der Waals surface area (Å²) in [4.78, 5) is 13.0. The smallest absolute Gasteiger partial charge is 0.133 e. The van der Waals surface area contributed by atoms with Gasteiger partial charge in [0.2, 0.25) is 0 Å². The molecule has 124 valence electrons. The zero-order valence-corrected chi connectivity index (χ0v) is 14.0. The summed E-state index contributed by atoms with van der Waals surface area (Å²) in [6, 6.07) is 4.45. The topological polar surface area (TPSA) is 70.3 Å². The van der Waals surface area contributed by atoms with Gasteiger partial charge in [0.1, 0.15) is 23.7 Å². The van der Waals surface area contributed by atoms with E-state index in [1.807, 2.05) is 38.1 Å². The summed E-state index contributed by atoms with van der Waals surface area (Å²) in [5.41, 5.74) is 1.01. The van der Waals surface area contributed by atoms with Crippen molar-refractivity contribution in [3.63, 3.8) is 0 Å². The summed E-state index contributed by atoms with van der Waals surface area (Å²) in [5, 5.41) is 7.60. The molecule has 0 atom stereocenters. The Balaban J connectivity index is 1.50. The van der Waals surface area contributed by atoms with E-state index >= 15 is 0 Å². The lowest BCUT2D eigenvalue weighted by atomic mass is 10.0. The molecule has 2 aromatic heterocycles. The molecule has 0 aromatic carbocycles. The van der Waals surface area contributed by atoms with E-state index in [4.69, 9.17) is 4.52 Å². The lowest BCUT2D eigenvalue weighted by molar-refractivity contribution is 0.205. The van der Waals surface area contributed by atoms with Crippen LogP contribution in [0.4, 0.5) is 11.6 Å². The van der Waals surface area contributed by atoms with Crippen molar-refractivity contribution in [2.45, 2.75) is 32.4 Å². The summed E-state index contributed by atoms with van der Waals surface area (Å²) in [7, 11) is 3.96. The molecule has 7 heteroatoms. The van der Waals surface area contributed by atoms with E-state index in [0.717, 1.165) is 55.6 Å². The Morgan fingerprint density at radius 3 is 2.70 bits per heavy atom. The maximum Gasteiger partial charge on any atom is 0.133 e. The lowest BCUT2D eigenvalue weighted by Crippen LogP contribution is -2.38. The van der Waals surface area contributed by atoms with Crippen LogP contribution in [-0.2, 0) is 6.54 Å². The highest BCUT2D eigenvalue weighted by molar-refractivity contribution is 5.47. The Hall–Kier alpha value is -2.15. The van der Waals surface area contributed by atoms with Crippen LogP contribution in [-0.4, -0.2) is 53.3 Å². The standard InChI is InChI=1S/C16H24N6O/c1-12-8-14(20-23-12)10-22-6-4-13(5-7-22)19-15-9-16(21(2)3)18-11-17-15/h8-9,11,13H,4-7,10H2,1-3H3,(H,17,18,19). The van der Waals surface area contributed by atoms with Crippen LogP contribution < -0.4 is 10.2 Å². The first-order valence-corrected chi connectivity index (χ1v) is 8.00. The van der Waals surface area contributed by atoms with Gasteiger partial charge in [-0.05, 0) is 19.8 Å². The van der Waals surface area contributed by atoms with Crippen LogP contribution in [0.1, 0.15) is 24.3 Å². The Bertz CT molecular complexity index is 633. The van der Waals surface area contributed by atoms with Crippen LogP contribution in [0.25, 0.3) is 0 Å². The van der Waals surface area contributed by atoms with E-state index in [-0.39, 0.29) is 0 Å². The molecule has 0 aliphatic carbocycles. The number of nitrogens with one attached hydrogen (secondary N) is 1. The monoisotopic (exact) mass is 316 g/mol. The molecule has 1 saturated heterocycles. The van der Waals surface area contributed by atoms with Crippen molar-refractivity contribution in [2.75, 3.05) is 37.4 Å². The minimum absolute atomic E-state index is 0.454. The van der Waals surface area contributed by atoms with Crippen molar-refractivity contribution in [1.29, 1.82) is 0 Å². The van der Waals surface area contributed by atoms with Gasteiger partial charge in [0.25, 0.3) is 0 Å². The van der Waals surface area contributed by atoms with Gasteiger partial charge >= 0.3 is 0 Å². The number of aryl methyl sites for hydroxylation is 1. The first-order valence-electron chi connectivity index (χ1n) is 8.00. The minimum Gasteiger partial charge on any atom is -0.367 e. The molecule has 1 fully saturated rings. The summed E-state index contributed by atoms with van der Waals surface area (Å²) in [6.07, 6.45) is 3.80. The molecule has 23 heavy (non-hydrogen) atoms. The van der Waals surface area contributed by atoms with Crippen LogP contribution >= 0.6 is 0 Å². The van der Waals surface area contributed by atoms with Crippen molar-refractivity contribution in [3.05, 3.63) is 29.9 Å². The van der Waals surface area contributed by atoms with Gasteiger partial charge in [0.05, 0.1) is 5.69 Å². The molecule has 0 bridgehead atoms. The quantitative estimate of drug-likeness (QED) is 0.903. The highest BCUT2D eigenvalue weighted by Crippen LogP contribution is 2.18. The number of likely N-dealkylation sites (tertiary alicyclic amines) is 1. The SMILES string of the molecule is Cc1cc(CN2CCC(Nc3cc(N(C)C)ncn3)CC2)no1. The predicted octanol–water partition coefficient (Wildman–Crippen LogP) is 1.92. The molecule has 3 heterocycles. The Morgan fingerprint density at radius 1 is 1.26 bits per heavy atom. The number of anilines is 2. The average molecular weight is 316 g/mol. The average Bonchev–Trinajstić information content (AvgIpc) is 2.94. The van der Waals surface area contributed by atoms with Gasteiger partial charge in [-0.15, -0.1) is 0 Å². The second-order valence-corrected chi connectivity index (χ2v) is 6.28. The largest absolute Gasteiger partial charge is 0.367 e. The van der Waals surface area contributed by atoms with Crippen molar-refractivity contribution >= 4 is 11.6 Å². The fraction of sp³-hybridized carbons (Fsp3) is 0.562. The Kier molecular flexibility index (Phi) is 4.76. The highest BCUT2D eigenvalue weighted by atomic mass is 16.5. The second-order valence-electron chi connectivity index (χ2n) is 6.28. The van der Waals surface area contributed by atoms with E-state index < -0.39 is 0 Å². The maximum absolute atomic E-state index is 5.13. The van der Waals surface area contributed by atoms with E-state index in [9.17, 15) is 0 Å². The summed E-state index contributed by atoms with van der Waals surface area (Å²) < 4.78 is 5.13. The third-order valence-corrected chi connectivity index (χ3v) is 4.11. The van der Waals surface area contributed by atoms with Gasteiger partial charge in [0, 0.05) is 51.9 Å². The molecule has 2 aromatic rings. The number of piperidine rings is 1. The minimum atomic E-state index is 0.454. The first kappa shape index (κ1) is 15.7. The molecule has 3 rings (SSSR count). The number of hydrogen-bond acceptors (Lipinski definition) is 7. The van der Waals surface area contributed by atoms with Gasteiger partial charge in [-0.25, -0.2) is 9.97 Å². The van der Waals surface area contributed by atoms with E-state index in [1.165, 1.54) is 0 Å². The van der Waals surface area contributed by atoms with Gasteiger partial charge in [-0.2, -0.15) is 0 Å². The van der Waals surface area contributed by atoms with Crippen molar-refractivity contribution in [2.24, 2.45) is 0 Å². The van der Waals surface area contributed by atoms with Gasteiger partial charge in [0.15, 0.2) is 0 Å². The molecule has 0 unspecified atom stereocenters. The van der Waals surface area contributed by atoms with Crippen LogP contribution in [0.2, 0.25) is 0 Å². The molecular formula is C16H24N6O. The molecule has 0 radical (unpaired) electrons. The first-order chi connectivity index (χ1) is 11.1. The summed E-state index contributed by atoms with van der Waals surface area (Å²) >= 11 is 0. The Morgan fingerprint density at radius 2 is 2.04 bits per heavy atom. The normalized spacial score (nSPS) is 16.5. The molecule has 0 amide bonds. The fourth-order valence-electron chi connectivity index (χ4n) is 2.84. The van der Waals surface area contributed by atoms with E-state index in [2.05, 4.69) is 25.3 Å². The molecule has 0 spiro atoms. The zero-order chi connectivity index (χ0) is 16.2. The van der Waals surface area contributed by atoms with Gasteiger partial charge in [-0.1, -0.05) is 5.16 Å². The molecule has 1 N–H and O–H groups in total. The molecule has 1 aliphatic rings. The van der Waals surface area contributed by atoms with E-state index in [0.29, 0.717) is 6.04 Å². The summed E-state index contributed by atoms with van der Waals surface area (Å²) in [6.45, 7) is 4.89. The molecular weight excluding hydrogens is 292 g/mol. The number of aromatic nitrogens is 3. The Labute approximate surface area is 136 Å². The van der Waals surface area contributed by atoms with Crippen LogP contribution in [0.3, 0.4) is 0 Å². The van der Waals surface area contributed by atoms with Gasteiger partial charge < -0.3 is 14.7 Å². The van der Waals surface area contributed by atoms with Crippen LogP contribution in [0.15, 0.2) is 23.0 Å². The van der Waals surface area contributed by atoms with Gasteiger partial charge in [-0.3, -0.25) is 4.90 Å². The fourth-order valence-corrected chi connectivity index (χ4v) is 2.84. The number of rotatable bonds is 5. The highest BCUT2D eigenvalue weighted by Gasteiger charge is 2.20. The van der Waals surface area contributed by atoms with Crippen molar-refractivity contribution < 1.29 is 4.52 Å². The van der Waals surface area contributed by atoms with Crippen LogP contribution in [0.5, 0.6) is 0 Å². The lowest BCUT2D eigenvalue weighted by Gasteiger charge is -2.32.